The standard InChI is InChI=1S/C23H28N6O4S/c1-15-13-32-10-8-28(15)22-19-6-7-20(17-4-3-5-18(12-17)34(24,30)31)25-21(19)26-23(27-22)29-9-11-33-14-16(29)2/h3-7,12,15-16H,8-11,13-14H2,1-2H3,(H2,24,30,31)/t15-,16-/m0/s1. The van der Waals surface area contributed by atoms with Crippen LogP contribution in [0.3, 0.4) is 0 Å². The summed E-state index contributed by atoms with van der Waals surface area (Å²) >= 11 is 0. The number of fused-ring (bicyclic) bond motifs is 1. The molecular weight excluding hydrogens is 456 g/mol. The van der Waals surface area contributed by atoms with Crippen molar-refractivity contribution in [1.82, 2.24) is 15.0 Å². The number of nitrogens with two attached hydrogens (primary N) is 1. The predicted octanol–water partition coefficient (Wildman–Crippen LogP) is 1.79. The maximum absolute atomic E-state index is 11.8. The van der Waals surface area contributed by atoms with Gasteiger partial charge in [-0.25, -0.2) is 18.5 Å². The molecule has 2 fully saturated rings. The van der Waals surface area contributed by atoms with Gasteiger partial charge in [0, 0.05) is 18.7 Å². The molecule has 2 saturated heterocycles. The number of hydrogen-bond donors (Lipinski definition) is 1. The minimum absolute atomic E-state index is 0.0419. The number of morpholine rings is 2. The van der Waals surface area contributed by atoms with E-state index in [0.29, 0.717) is 55.8 Å². The number of primary sulfonamides is 1. The Labute approximate surface area is 198 Å². The normalized spacial score (nSPS) is 21.7. The van der Waals surface area contributed by atoms with Crippen molar-refractivity contribution in [2.45, 2.75) is 30.8 Å². The predicted molar refractivity (Wildman–Crippen MR) is 129 cm³/mol. The first-order valence-corrected chi connectivity index (χ1v) is 12.9. The van der Waals surface area contributed by atoms with Crippen LogP contribution in [0, 0.1) is 0 Å². The lowest BCUT2D eigenvalue weighted by Gasteiger charge is -2.37. The zero-order valence-corrected chi connectivity index (χ0v) is 20.0. The Balaban J connectivity index is 1.65. The van der Waals surface area contributed by atoms with Crippen LogP contribution in [0.4, 0.5) is 11.8 Å². The van der Waals surface area contributed by atoms with Crippen LogP contribution < -0.4 is 14.9 Å². The molecule has 11 heteroatoms. The van der Waals surface area contributed by atoms with Crippen molar-refractivity contribution in [3.05, 3.63) is 36.4 Å². The molecule has 10 nitrogen and oxygen atoms in total. The third kappa shape index (κ3) is 4.43. The van der Waals surface area contributed by atoms with Gasteiger partial charge in [-0.05, 0) is 38.1 Å². The molecule has 0 bridgehead atoms. The van der Waals surface area contributed by atoms with Gasteiger partial charge in [0.15, 0.2) is 5.65 Å². The molecule has 0 radical (unpaired) electrons. The van der Waals surface area contributed by atoms with Crippen LogP contribution in [0.25, 0.3) is 22.3 Å². The maximum atomic E-state index is 11.8. The summed E-state index contributed by atoms with van der Waals surface area (Å²) in [7, 11) is -3.82. The van der Waals surface area contributed by atoms with Crippen molar-refractivity contribution >= 4 is 32.8 Å². The molecule has 0 saturated carbocycles. The van der Waals surface area contributed by atoms with Crippen LogP contribution in [0.15, 0.2) is 41.3 Å². The van der Waals surface area contributed by atoms with Gasteiger partial charge in [0.25, 0.3) is 0 Å². The summed E-state index contributed by atoms with van der Waals surface area (Å²) in [5, 5.41) is 6.16. The fourth-order valence-electron chi connectivity index (χ4n) is 4.39. The van der Waals surface area contributed by atoms with E-state index in [1.165, 1.54) is 12.1 Å². The lowest BCUT2D eigenvalue weighted by atomic mass is 10.1. The summed E-state index contributed by atoms with van der Waals surface area (Å²) < 4.78 is 34.9. The van der Waals surface area contributed by atoms with Crippen molar-refractivity contribution in [1.29, 1.82) is 0 Å². The highest BCUT2D eigenvalue weighted by atomic mass is 32.2. The summed E-state index contributed by atoms with van der Waals surface area (Å²) in [5.74, 6) is 1.44. The van der Waals surface area contributed by atoms with Crippen LogP contribution in [-0.4, -0.2) is 75.0 Å². The van der Waals surface area contributed by atoms with Crippen molar-refractivity contribution < 1.29 is 17.9 Å². The lowest BCUT2D eigenvalue weighted by molar-refractivity contribution is 0.0973. The number of hydrogen-bond acceptors (Lipinski definition) is 9. The molecule has 0 spiro atoms. The largest absolute Gasteiger partial charge is 0.377 e. The lowest BCUT2D eigenvalue weighted by Crippen LogP contribution is -2.46. The van der Waals surface area contributed by atoms with E-state index < -0.39 is 10.0 Å². The molecular formula is C23H28N6O4S. The molecule has 4 heterocycles. The SMILES string of the molecule is C[C@H]1COCCN1c1nc(N2CCOC[C@@H]2C)c2ccc(-c3cccc(S(N)(=O)=O)c3)nc2n1. The number of benzene rings is 1. The molecule has 3 aromatic rings. The molecule has 2 N–H and O–H groups in total. The van der Waals surface area contributed by atoms with Gasteiger partial charge in [0.1, 0.15) is 5.82 Å². The molecule has 34 heavy (non-hydrogen) atoms. The smallest absolute Gasteiger partial charge is 0.238 e. The maximum Gasteiger partial charge on any atom is 0.238 e. The quantitative estimate of drug-likeness (QED) is 0.590. The molecule has 2 aromatic heterocycles. The third-order valence-corrected chi connectivity index (χ3v) is 7.16. The number of anilines is 2. The minimum Gasteiger partial charge on any atom is -0.377 e. The van der Waals surface area contributed by atoms with Crippen molar-refractivity contribution in [2.24, 2.45) is 5.14 Å². The van der Waals surface area contributed by atoms with Gasteiger partial charge in [-0.3, -0.25) is 0 Å². The van der Waals surface area contributed by atoms with E-state index >= 15 is 0 Å². The van der Waals surface area contributed by atoms with Gasteiger partial charge in [-0.1, -0.05) is 12.1 Å². The Morgan fingerprint density at radius 2 is 1.65 bits per heavy atom. The van der Waals surface area contributed by atoms with Crippen LogP contribution in [-0.2, 0) is 19.5 Å². The minimum atomic E-state index is -3.82. The van der Waals surface area contributed by atoms with Crippen molar-refractivity contribution in [3.63, 3.8) is 0 Å². The fraction of sp³-hybridized carbons (Fsp3) is 0.435. The van der Waals surface area contributed by atoms with Crippen LogP contribution in [0.1, 0.15) is 13.8 Å². The number of pyridine rings is 1. The Morgan fingerprint density at radius 1 is 0.941 bits per heavy atom. The fourth-order valence-corrected chi connectivity index (χ4v) is 4.95. The van der Waals surface area contributed by atoms with Gasteiger partial charge < -0.3 is 19.3 Å². The molecule has 0 aliphatic carbocycles. The number of aromatic nitrogens is 3. The average Bonchev–Trinajstić information content (AvgIpc) is 2.83. The number of ether oxygens (including phenoxy) is 2. The second kappa shape index (κ2) is 9.06. The highest BCUT2D eigenvalue weighted by Gasteiger charge is 2.27. The summed E-state index contributed by atoms with van der Waals surface area (Å²) in [4.78, 5) is 19.1. The molecule has 2 aliphatic heterocycles. The first-order valence-electron chi connectivity index (χ1n) is 11.3. The van der Waals surface area contributed by atoms with Gasteiger partial charge in [-0.2, -0.15) is 9.97 Å². The number of sulfonamides is 1. The summed E-state index contributed by atoms with van der Waals surface area (Å²) in [6.45, 7) is 8.11. The van der Waals surface area contributed by atoms with E-state index in [1.807, 2.05) is 12.1 Å². The van der Waals surface area contributed by atoms with E-state index in [2.05, 4.69) is 23.6 Å². The van der Waals surface area contributed by atoms with Crippen LogP contribution >= 0.6 is 0 Å². The van der Waals surface area contributed by atoms with Crippen molar-refractivity contribution in [3.8, 4) is 11.3 Å². The molecule has 2 atom stereocenters. The molecule has 2 aliphatic rings. The second-order valence-corrected chi connectivity index (χ2v) is 10.3. The van der Waals surface area contributed by atoms with Crippen LogP contribution in [0.5, 0.6) is 0 Å². The van der Waals surface area contributed by atoms with E-state index in [0.717, 1.165) is 17.7 Å². The van der Waals surface area contributed by atoms with Gasteiger partial charge in [-0.15, -0.1) is 0 Å². The molecule has 1 aromatic carbocycles. The summed E-state index contributed by atoms with van der Waals surface area (Å²) in [5.41, 5.74) is 1.81. The summed E-state index contributed by atoms with van der Waals surface area (Å²) in [6, 6.07) is 10.6. The zero-order chi connectivity index (χ0) is 23.9. The Hall–Kier alpha value is -2.86. The van der Waals surface area contributed by atoms with E-state index in [-0.39, 0.29) is 17.0 Å². The average molecular weight is 485 g/mol. The topological polar surface area (TPSA) is 124 Å². The highest BCUT2D eigenvalue weighted by Crippen LogP contribution is 2.31. The summed E-state index contributed by atoms with van der Waals surface area (Å²) in [6.07, 6.45) is 0. The van der Waals surface area contributed by atoms with Gasteiger partial charge in [0.05, 0.1) is 54.5 Å². The molecule has 180 valence electrons. The third-order valence-electron chi connectivity index (χ3n) is 6.25. The van der Waals surface area contributed by atoms with E-state index in [9.17, 15) is 8.42 Å². The van der Waals surface area contributed by atoms with Gasteiger partial charge >= 0.3 is 0 Å². The first-order chi connectivity index (χ1) is 16.3. The van der Waals surface area contributed by atoms with E-state index in [4.69, 9.17) is 29.6 Å². The second-order valence-electron chi connectivity index (χ2n) is 8.72. The van der Waals surface area contributed by atoms with Gasteiger partial charge in [0.2, 0.25) is 16.0 Å². The first kappa shape index (κ1) is 22.9. The Bertz CT molecular complexity index is 1320. The Kier molecular flexibility index (Phi) is 6.11. The van der Waals surface area contributed by atoms with Crippen LogP contribution in [0.2, 0.25) is 0 Å². The van der Waals surface area contributed by atoms with Crippen molar-refractivity contribution in [2.75, 3.05) is 49.3 Å². The Morgan fingerprint density at radius 3 is 2.32 bits per heavy atom. The number of rotatable bonds is 4. The van der Waals surface area contributed by atoms with E-state index in [1.54, 1.807) is 12.1 Å². The molecule has 0 unspecified atom stereocenters. The molecule has 0 amide bonds. The zero-order valence-electron chi connectivity index (χ0n) is 19.2. The highest BCUT2D eigenvalue weighted by molar-refractivity contribution is 7.89. The monoisotopic (exact) mass is 484 g/mol. The molecule has 5 rings (SSSR count). The number of nitrogens with zero attached hydrogens (tertiary/aromatic N) is 5.